The lowest BCUT2D eigenvalue weighted by atomic mass is 9.81. The Hall–Kier alpha value is -4.32. The van der Waals surface area contributed by atoms with Gasteiger partial charge in [0.15, 0.2) is 5.82 Å². The number of hydrogen-bond donors (Lipinski definition) is 2. The van der Waals surface area contributed by atoms with Gasteiger partial charge in [-0.15, -0.1) is 0 Å². The molecule has 0 aromatic carbocycles. The van der Waals surface area contributed by atoms with E-state index >= 15 is 0 Å². The fourth-order valence-electron chi connectivity index (χ4n) is 5.75. The first-order valence-corrected chi connectivity index (χ1v) is 17.2. The standard InChI is InChI=1S/C32H37N9O4S/c1-32(22-42)8-11-39(12-9-32)28-14-30(34-16-25(28)3-2-23-15-35-40(18-23)19-24-7-13-45-21-24)37-29-6-10-33-31(38-29)26-17-36-41(20-26)46(43,44)27-4-5-27/h6,10,14-18,20,24,27,42H,4-5,7-9,11-13,19,21-22H2,1H3,(H,33,34,37,38). The fraction of sp³-hybridized carbons (Fsp3) is 0.469. The zero-order valence-corrected chi connectivity index (χ0v) is 26.5. The lowest BCUT2D eigenvalue weighted by molar-refractivity contribution is 0.115. The molecule has 13 nitrogen and oxygen atoms in total. The molecule has 14 heteroatoms. The Kier molecular flexibility index (Phi) is 8.22. The summed E-state index contributed by atoms with van der Waals surface area (Å²) in [5, 5.41) is 21.4. The van der Waals surface area contributed by atoms with Crippen LogP contribution in [-0.2, 0) is 21.3 Å². The van der Waals surface area contributed by atoms with Gasteiger partial charge in [0.2, 0.25) is 0 Å². The van der Waals surface area contributed by atoms with Crippen molar-refractivity contribution >= 4 is 27.3 Å². The molecule has 7 rings (SSSR count). The molecule has 1 atom stereocenters. The zero-order chi connectivity index (χ0) is 31.7. The van der Waals surface area contributed by atoms with Crippen molar-refractivity contribution in [1.29, 1.82) is 0 Å². The third-order valence-electron chi connectivity index (χ3n) is 8.96. The molecule has 2 aliphatic heterocycles. The maximum Gasteiger partial charge on any atom is 0.256 e. The smallest absolute Gasteiger partial charge is 0.256 e. The predicted octanol–water partition coefficient (Wildman–Crippen LogP) is 3.05. The summed E-state index contributed by atoms with van der Waals surface area (Å²) in [6.07, 6.45) is 14.1. The normalized spacial score (nSPS) is 19.5. The van der Waals surface area contributed by atoms with Gasteiger partial charge in [-0.05, 0) is 43.6 Å². The fourth-order valence-corrected chi connectivity index (χ4v) is 7.23. The summed E-state index contributed by atoms with van der Waals surface area (Å²) in [7, 11) is -3.48. The first kappa shape index (κ1) is 30.3. The second-order valence-electron chi connectivity index (χ2n) is 12.7. The first-order chi connectivity index (χ1) is 22.3. The van der Waals surface area contributed by atoms with Crippen molar-refractivity contribution < 1.29 is 18.3 Å². The van der Waals surface area contributed by atoms with Gasteiger partial charge in [-0.2, -0.15) is 14.3 Å². The van der Waals surface area contributed by atoms with Gasteiger partial charge in [-0.1, -0.05) is 18.8 Å². The van der Waals surface area contributed by atoms with E-state index in [9.17, 15) is 13.5 Å². The summed E-state index contributed by atoms with van der Waals surface area (Å²) in [6.45, 7) is 6.24. The number of piperidine rings is 1. The Morgan fingerprint density at radius 3 is 2.67 bits per heavy atom. The highest BCUT2D eigenvalue weighted by Gasteiger charge is 2.37. The van der Waals surface area contributed by atoms with Crippen LogP contribution in [0.15, 0.2) is 49.3 Å². The van der Waals surface area contributed by atoms with Gasteiger partial charge < -0.3 is 20.1 Å². The molecule has 1 unspecified atom stereocenters. The molecule has 1 saturated carbocycles. The summed E-state index contributed by atoms with van der Waals surface area (Å²) >= 11 is 0. The number of aromatic nitrogens is 7. The summed E-state index contributed by atoms with van der Waals surface area (Å²) < 4.78 is 33.6. The highest BCUT2D eigenvalue weighted by molar-refractivity contribution is 7.90. The van der Waals surface area contributed by atoms with Crippen LogP contribution in [0.25, 0.3) is 11.4 Å². The Morgan fingerprint density at radius 2 is 1.91 bits per heavy atom. The van der Waals surface area contributed by atoms with Crippen LogP contribution in [0.5, 0.6) is 0 Å². The predicted molar refractivity (Wildman–Crippen MR) is 172 cm³/mol. The Labute approximate surface area is 268 Å². The number of ether oxygens (including phenoxy) is 1. The summed E-state index contributed by atoms with van der Waals surface area (Å²) in [6, 6.07) is 3.70. The molecule has 6 heterocycles. The van der Waals surface area contributed by atoms with Gasteiger partial charge in [-0.25, -0.2) is 23.4 Å². The van der Waals surface area contributed by atoms with Crippen LogP contribution in [-0.4, -0.2) is 85.6 Å². The van der Waals surface area contributed by atoms with Crippen molar-refractivity contribution in [2.45, 2.75) is 50.8 Å². The molecule has 0 radical (unpaired) electrons. The van der Waals surface area contributed by atoms with Crippen LogP contribution >= 0.6 is 0 Å². The Morgan fingerprint density at radius 1 is 1.07 bits per heavy atom. The molecule has 2 saturated heterocycles. The molecule has 0 amide bonds. The van der Waals surface area contributed by atoms with Crippen LogP contribution in [0.4, 0.5) is 17.3 Å². The van der Waals surface area contributed by atoms with Gasteiger partial charge >= 0.3 is 0 Å². The van der Waals surface area contributed by atoms with Gasteiger partial charge in [0.05, 0.1) is 52.8 Å². The van der Waals surface area contributed by atoms with Crippen LogP contribution in [0.1, 0.15) is 50.2 Å². The largest absolute Gasteiger partial charge is 0.396 e. The van der Waals surface area contributed by atoms with E-state index in [1.807, 2.05) is 16.9 Å². The third kappa shape index (κ3) is 6.62. The number of aliphatic hydroxyl groups excluding tert-OH is 1. The molecule has 3 aliphatic rings. The van der Waals surface area contributed by atoms with Crippen LogP contribution in [0.3, 0.4) is 0 Å². The van der Waals surface area contributed by atoms with Crippen LogP contribution in [0.2, 0.25) is 0 Å². The van der Waals surface area contributed by atoms with E-state index in [-0.39, 0.29) is 17.3 Å². The SMILES string of the molecule is CC1(CO)CCN(c2cc(Nc3ccnc(-c4cnn(S(=O)(=O)C5CC5)c4)n3)ncc2C#Cc2cnn(CC3CCOC3)c2)CC1. The molecule has 240 valence electrons. The van der Waals surface area contributed by atoms with E-state index in [4.69, 9.17) is 4.74 Å². The average Bonchev–Trinajstić information content (AvgIpc) is 3.40. The van der Waals surface area contributed by atoms with E-state index in [1.54, 1.807) is 24.7 Å². The summed E-state index contributed by atoms with van der Waals surface area (Å²) in [5.41, 5.74) is 2.98. The van der Waals surface area contributed by atoms with Gasteiger partial charge in [0, 0.05) is 63.4 Å². The van der Waals surface area contributed by atoms with E-state index < -0.39 is 10.0 Å². The lowest BCUT2D eigenvalue weighted by Crippen LogP contribution is -2.40. The minimum absolute atomic E-state index is 0.0987. The minimum atomic E-state index is -3.48. The van der Waals surface area contributed by atoms with E-state index in [0.29, 0.717) is 41.8 Å². The lowest BCUT2D eigenvalue weighted by Gasteiger charge is -2.39. The highest BCUT2D eigenvalue weighted by atomic mass is 32.2. The summed E-state index contributed by atoms with van der Waals surface area (Å²) in [5.74, 6) is 8.51. The van der Waals surface area contributed by atoms with Crippen molar-refractivity contribution in [2.75, 3.05) is 43.1 Å². The van der Waals surface area contributed by atoms with Crippen molar-refractivity contribution in [2.24, 2.45) is 11.3 Å². The van der Waals surface area contributed by atoms with E-state index in [0.717, 1.165) is 73.0 Å². The maximum atomic E-state index is 12.6. The molecule has 1 aliphatic carbocycles. The van der Waals surface area contributed by atoms with Crippen LogP contribution < -0.4 is 10.2 Å². The van der Waals surface area contributed by atoms with Crippen molar-refractivity contribution in [3.63, 3.8) is 0 Å². The number of hydrogen-bond acceptors (Lipinski definition) is 11. The molecular formula is C32H37N9O4S. The molecule has 3 fully saturated rings. The Balaban J connectivity index is 1.13. The minimum Gasteiger partial charge on any atom is -0.396 e. The molecule has 4 aromatic heterocycles. The van der Waals surface area contributed by atoms with Crippen molar-refractivity contribution in [3.8, 4) is 23.2 Å². The van der Waals surface area contributed by atoms with E-state index in [2.05, 4.69) is 54.1 Å². The number of nitrogens with one attached hydrogen (secondary N) is 1. The number of nitrogens with zero attached hydrogens (tertiary/aromatic N) is 8. The highest BCUT2D eigenvalue weighted by Crippen LogP contribution is 2.35. The quantitative estimate of drug-likeness (QED) is 0.259. The van der Waals surface area contributed by atoms with E-state index in [1.165, 1.54) is 12.4 Å². The van der Waals surface area contributed by atoms with Crippen molar-refractivity contribution in [3.05, 3.63) is 60.4 Å². The van der Waals surface area contributed by atoms with Crippen molar-refractivity contribution in [1.82, 2.24) is 33.9 Å². The van der Waals surface area contributed by atoms with Gasteiger partial charge in [0.25, 0.3) is 10.0 Å². The molecular weight excluding hydrogens is 606 g/mol. The van der Waals surface area contributed by atoms with Crippen LogP contribution in [0, 0.1) is 23.2 Å². The molecule has 46 heavy (non-hydrogen) atoms. The average molecular weight is 644 g/mol. The first-order valence-electron chi connectivity index (χ1n) is 15.7. The second kappa shape index (κ2) is 12.5. The second-order valence-corrected chi connectivity index (χ2v) is 14.8. The Bertz CT molecular complexity index is 1880. The summed E-state index contributed by atoms with van der Waals surface area (Å²) in [4.78, 5) is 15.9. The molecule has 0 spiro atoms. The van der Waals surface area contributed by atoms with Gasteiger partial charge in [0.1, 0.15) is 11.6 Å². The number of anilines is 3. The molecule has 0 bridgehead atoms. The molecule has 4 aromatic rings. The number of rotatable bonds is 9. The zero-order valence-electron chi connectivity index (χ0n) is 25.7. The third-order valence-corrected chi connectivity index (χ3v) is 11.0. The monoisotopic (exact) mass is 643 g/mol. The number of pyridine rings is 1. The topological polar surface area (TPSA) is 153 Å². The molecule has 2 N–H and O–H groups in total. The maximum absolute atomic E-state index is 12.6. The number of aliphatic hydroxyl groups is 1. The van der Waals surface area contributed by atoms with Gasteiger partial charge in [-0.3, -0.25) is 4.68 Å².